The van der Waals surface area contributed by atoms with Gasteiger partial charge >= 0.3 is 0 Å². The first-order valence-electron chi connectivity index (χ1n) is 8.89. The van der Waals surface area contributed by atoms with Crippen LogP contribution in [-0.4, -0.2) is 28.8 Å². The summed E-state index contributed by atoms with van der Waals surface area (Å²) in [5.74, 6) is 0.502. The van der Waals surface area contributed by atoms with Gasteiger partial charge in [-0.3, -0.25) is 4.79 Å². The molecule has 0 bridgehead atoms. The van der Waals surface area contributed by atoms with Crippen LogP contribution in [0.25, 0.3) is 11.0 Å². The lowest BCUT2D eigenvalue weighted by atomic mass is 9.89. The Morgan fingerprint density at radius 1 is 1.31 bits per heavy atom. The van der Waals surface area contributed by atoms with Gasteiger partial charge in [-0.1, -0.05) is 0 Å². The summed E-state index contributed by atoms with van der Waals surface area (Å²) >= 11 is 0. The number of ketones is 1. The zero-order valence-corrected chi connectivity index (χ0v) is 14.7. The first kappa shape index (κ1) is 16.3. The number of carbonyl (C=O) groups is 1. The van der Waals surface area contributed by atoms with Crippen LogP contribution in [0.2, 0.25) is 0 Å². The van der Waals surface area contributed by atoms with Crippen molar-refractivity contribution in [2.24, 2.45) is 0 Å². The monoisotopic (exact) mass is 344 g/mol. The van der Waals surface area contributed by atoms with Crippen LogP contribution in [-0.2, 0) is 0 Å². The summed E-state index contributed by atoms with van der Waals surface area (Å²) in [4.78, 5) is 21.6. The second-order valence-corrected chi connectivity index (χ2v) is 6.80. The van der Waals surface area contributed by atoms with Gasteiger partial charge in [0.2, 0.25) is 0 Å². The highest BCUT2D eigenvalue weighted by molar-refractivity contribution is 5.95. The first-order valence-corrected chi connectivity index (χ1v) is 8.89. The maximum atomic E-state index is 11.7. The third-order valence-corrected chi connectivity index (χ3v) is 5.28. The lowest BCUT2D eigenvalue weighted by Gasteiger charge is -2.34. The van der Waals surface area contributed by atoms with E-state index in [1.165, 1.54) is 10.9 Å². The number of carbonyl (C=O) groups excluding carboxylic acids is 1. The number of aromatic amines is 1. The third-order valence-electron chi connectivity index (χ3n) is 5.28. The Bertz CT molecular complexity index is 1010. The molecule has 0 radical (unpaired) electrons. The maximum Gasteiger partial charge on any atom is 0.159 e. The van der Waals surface area contributed by atoms with Gasteiger partial charge in [0.25, 0.3) is 0 Å². The molecule has 5 nitrogen and oxygen atoms in total. The van der Waals surface area contributed by atoms with E-state index in [9.17, 15) is 10.1 Å². The Morgan fingerprint density at radius 2 is 2.12 bits per heavy atom. The molecule has 3 aromatic rings. The van der Waals surface area contributed by atoms with Crippen molar-refractivity contribution >= 4 is 22.5 Å². The van der Waals surface area contributed by atoms with Gasteiger partial charge in [0.15, 0.2) is 5.78 Å². The van der Waals surface area contributed by atoms with Gasteiger partial charge in [0, 0.05) is 36.4 Å². The zero-order valence-electron chi connectivity index (χ0n) is 14.7. The second kappa shape index (κ2) is 6.64. The summed E-state index contributed by atoms with van der Waals surface area (Å²) in [5, 5.41) is 10.6. The zero-order chi connectivity index (χ0) is 18.1. The van der Waals surface area contributed by atoms with Crippen molar-refractivity contribution in [3.63, 3.8) is 0 Å². The number of nitrogens with zero attached hydrogens (tertiary/aromatic N) is 3. The van der Waals surface area contributed by atoms with Gasteiger partial charge < -0.3 is 9.88 Å². The molecular weight excluding hydrogens is 324 g/mol. The van der Waals surface area contributed by atoms with Gasteiger partial charge in [-0.05, 0) is 61.6 Å². The fraction of sp³-hybridized carbons (Fsp3) is 0.286. The predicted molar refractivity (Wildman–Crippen MR) is 101 cm³/mol. The molecule has 4 rings (SSSR count). The number of anilines is 1. The van der Waals surface area contributed by atoms with E-state index in [0.29, 0.717) is 17.0 Å². The van der Waals surface area contributed by atoms with Crippen molar-refractivity contribution in [1.29, 1.82) is 5.26 Å². The van der Waals surface area contributed by atoms with Crippen LogP contribution in [0.15, 0.2) is 42.7 Å². The van der Waals surface area contributed by atoms with E-state index in [-0.39, 0.29) is 5.78 Å². The fourth-order valence-electron chi connectivity index (χ4n) is 3.85. The van der Waals surface area contributed by atoms with E-state index in [2.05, 4.69) is 33.2 Å². The number of benzene rings is 1. The van der Waals surface area contributed by atoms with Gasteiger partial charge in [0.05, 0.1) is 11.3 Å². The Hall–Kier alpha value is -3.13. The van der Waals surface area contributed by atoms with Crippen LogP contribution in [0.4, 0.5) is 5.69 Å². The third kappa shape index (κ3) is 2.84. The number of nitrogens with one attached hydrogen (secondary N) is 1. The van der Waals surface area contributed by atoms with Crippen molar-refractivity contribution in [2.75, 3.05) is 18.0 Å². The normalized spacial score (nSPS) is 15.2. The summed E-state index contributed by atoms with van der Waals surface area (Å²) in [6.45, 7) is 3.30. The van der Waals surface area contributed by atoms with Crippen LogP contribution in [0.1, 0.15) is 47.2 Å². The van der Waals surface area contributed by atoms with Crippen LogP contribution in [0.3, 0.4) is 0 Å². The number of nitriles is 1. The van der Waals surface area contributed by atoms with Crippen molar-refractivity contribution < 1.29 is 4.79 Å². The number of pyridine rings is 1. The molecule has 1 aromatic carbocycles. The van der Waals surface area contributed by atoms with Crippen LogP contribution in [0, 0.1) is 11.3 Å². The van der Waals surface area contributed by atoms with Gasteiger partial charge in [-0.15, -0.1) is 0 Å². The molecule has 130 valence electrons. The van der Waals surface area contributed by atoms with Gasteiger partial charge in [-0.25, -0.2) is 4.98 Å². The molecule has 26 heavy (non-hydrogen) atoms. The van der Waals surface area contributed by atoms with Crippen LogP contribution in [0.5, 0.6) is 0 Å². The van der Waals surface area contributed by atoms with E-state index in [1.54, 1.807) is 25.3 Å². The van der Waals surface area contributed by atoms with Crippen LogP contribution >= 0.6 is 0 Å². The molecular formula is C21H20N4O. The SMILES string of the molecule is CC(=O)c1ccc(C#N)c(N2CCC(c3c[nH]c4ncccc34)CC2)c1. The topological polar surface area (TPSA) is 72.8 Å². The maximum absolute atomic E-state index is 11.7. The average Bonchev–Trinajstić information content (AvgIpc) is 3.11. The average molecular weight is 344 g/mol. The lowest BCUT2D eigenvalue weighted by molar-refractivity contribution is 0.101. The van der Waals surface area contributed by atoms with Crippen molar-refractivity contribution in [2.45, 2.75) is 25.7 Å². The highest BCUT2D eigenvalue weighted by atomic mass is 16.1. The van der Waals surface area contributed by atoms with Crippen LogP contribution < -0.4 is 4.90 Å². The minimum Gasteiger partial charge on any atom is -0.370 e. The molecule has 5 heteroatoms. The van der Waals surface area contributed by atoms with Crippen molar-refractivity contribution in [1.82, 2.24) is 9.97 Å². The number of rotatable bonds is 3. The molecule has 1 aliphatic heterocycles. The number of piperidine rings is 1. The smallest absolute Gasteiger partial charge is 0.159 e. The molecule has 3 heterocycles. The molecule has 0 saturated carbocycles. The summed E-state index contributed by atoms with van der Waals surface area (Å²) < 4.78 is 0. The van der Waals surface area contributed by atoms with E-state index in [0.717, 1.165) is 37.3 Å². The van der Waals surface area contributed by atoms with E-state index in [4.69, 9.17) is 0 Å². The van der Waals surface area contributed by atoms with Gasteiger partial charge in [-0.2, -0.15) is 5.26 Å². The molecule has 1 aliphatic rings. The summed E-state index contributed by atoms with van der Waals surface area (Å²) in [5.41, 5.74) is 4.42. The molecule has 1 N–H and O–H groups in total. The first-order chi connectivity index (χ1) is 12.7. The molecule has 1 fully saturated rings. The van der Waals surface area contributed by atoms with Crippen molar-refractivity contribution in [3.05, 3.63) is 59.4 Å². The summed E-state index contributed by atoms with van der Waals surface area (Å²) in [6.07, 6.45) is 5.90. The molecule has 0 aliphatic carbocycles. The van der Waals surface area contributed by atoms with E-state index < -0.39 is 0 Å². The fourth-order valence-corrected chi connectivity index (χ4v) is 3.85. The second-order valence-electron chi connectivity index (χ2n) is 6.80. The molecule has 0 amide bonds. The molecule has 0 spiro atoms. The minimum absolute atomic E-state index is 0.0249. The quantitative estimate of drug-likeness (QED) is 0.728. The summed E-state index contributed by atoms with van der Waals surface area (Å²) in [7, 11) is 0. The van der Waals surface area contributed by atoms with Gasteiger partial charge in [0.1, 0.15) is 11.7 Å². The molecule has 0 unspecified atom stereocenters. The minimum atomic E-state index is 0.0249. The highest BCUT2D eigenvalue weighted by Crippen LogP contribution is 2.35. The predicted octanol–water partition coefficient (Wildman–Crippen LogP) is 4.02. The number of aromatic nitrogens is 2. The van der Waals surface area contributed by atoms with E-state index >= 15 is 0 Å². The Balaban J connectivity index is 1.56. The largest absolute Gasteiger partial charge is 0.370 e. The molecule has 2 aromatic heterocycles. The Labute approximate surface area is 152 Å². The molecule has 1 saturated heterocycles. The number of Topliss-reactive ketones (excluding diaryl/α,β-unsaturated/α-hetero) is 1. The highest BCUT2D eigenvalue weighted by Gasteiger charge is 2.24. The van der Waals surface area contributed by atoms with E-state index in [1.807, 2.05) is 12.1 Å². The Kier molecular flexibility index (Phi) is 4.18. The molecule has 0 atom stereocenters. The number of fused-ring (bicyclic) bond motifs is 1. The standard InChI is InChI=1S/C21H20N4O/c1-14(26)16-4-5-17(12-22)20(11-16)25-9-6-15(7-10-25)19-13-24-21-18(19)3-2-8-23-21/h2-5,8,11,13,15H,6-7,9-10H2,1H3,(H,23,24). The number of hydrogen-bond donors (Lipinski definition) is 1. The van der Waals surface area contributed by atoms with Crippen molar-refractivity contribution in [3.8, 4) is 6.07 Å². The number of hydrogen-bond acceptors (Lipinski definition) is 4. The number of H-pyrrole nitrogens is 1. The lowest BCUT2D eigenvalue weighted by Crippen LogP contribution is -2.33. The summed E-state index contributed by atoms with van der Waals surface area (Å²) in [6, 6.07) is 11.7. The Morgan fingerprint density at radius 3 is 2.85 bits per heavy atom.